The standard InChI is InChI=1S/C20H32O2.C17H24F6O3.C16H26O3/c1-5-19(3,4)18(21)22-20(6-2)11-14-10-15(20)17-13-8-7-12(9-13)16(14)17;1-4-14(2,3)13(24)26-12-7-9-5-10(12)6-11(9)8-15(25,16(18,19)20)17(21,22)23;1-4-14(2,3)13(17)19-16-8-11-5-12(9-16)7-15(18,6-11)10-16/h12-17H,5-11H2,1-4H3;9-12,25H,4-8H2,1-3H3;11-12,18H,4-10H2,1-3H3. The summed E-state index contributed by atoms with van der Waals surface area (Å²) in [7, 11) is 0. The van der Waals surface area contributed by atoms with Gasteiger partial charge in [-0.25, -0.2) is 0 Å². The van der Waals surface area contributed by atoms with Crippen molar-refractivity contribution in [2.75, 3.05) is 0 Å². The van der Waals surface area contributed by atoms with Gasteiger partial charge in [0.1, 0.15) is 17.3 Å². The zero-order chi connectivity index (χ0) is 49.7. The molecule has 8 nitrogen and oxygen atoms in total. The number of fused-ring (bicyclic) bond motifs is 11. The summed E-state index contributed by atoms with van der Waals surface area (Å²) in [5.41, 5.74) is -7.17. The van der Waals surface area contributed by atoms with E-state index in [0.717, 1.165) is 81.0 Å². The fraction of sp³-hybridized carbons (Fsp3) is 0.943. The van der Waals surface area contributed by atoms with Gasteiger partial charge in [-0.05, 0) is 216 Å². The second-order valence-electron chi connectivity index (χ2n) is 25.6. The molecule has 0 amide bonds. The summed E-state index contributed by atoms with van der Waals surface area (Å²) < 4.78 is 95.0. The molecule has 14 heteroatoms. The van der Waals surface area contributed by atoms with E-state index in [9.17, 15) is 50.9 Å². The fourth-order valence-electron chi connectivity index (χ4n) is 15.4. The van der Waals surface area contributed by atoms with Crippen molar-refractivity contribution in [2.45, 2.75) is 232 Å². The second kappa shape index (κ2) is 17.9. The van der Waals surface area contributed by atoms with Crippen LogP contribution in [0.15, 0.2) is 0 Å². The van der Waals surface area contributed by atoms with Gasteiger partial charge in [0.05, 0.1) is 21.8 Å². The minimum Gasteiger partial charge on any atom is -0.462 e. The molecule has 0 aromatic heterocycles. The molecule has 10 fully saturated rings. The third-order valence-corrected chi connectivity index (χ3v) is 20.1. The number of esters is 3. The zero-order valence-electron chi connectivity index (χ0n) is 42.0. The van der Waals surface area contributed by atoms with Gasteiger partial charge in [0.2, 0.25) is 0 Å². The van der Waals surface area contributed by atoms with Crippen molar-refractivity contribution < 1.29 is 65.1 Å². The Hall–Kier alpha value is -2.09. The number of hydrogen-bond donors (Lipinski definition) is 2. The molecule has 0 spiro atoms. The molecule has 13 atom stereocenters. The van der Waals surface area contributed by atoms with Crippen molar-refractivity contribution in [3.8, 4) is 0 Å². The Morgan fingerprint density at radius 2 is 1.09 bits per heavy atom. The normalized spacial score (nSPS) is 40.2. The lowest BCUT2D eigenvalue weighted by Crippen LogP contribution is -2.61. The molecular formula is C53H82F6O8. The summed E-state index contributed by atoms with van der Waals surface area (Å²) in [5, 5.41) is 20.0. The SMILES string of the molecule is CCC(C)(C)C(=O)OC1(CC)CC2CC1C1C3CCC(C3)C21.CCC(C)(C)C(=O)OC12CC3CC(CC(O)(C3)C1)C2.CCC(C)(C)C(=O)OC1CC2CC1CC2CC(O)(C(F)(F)F)C(F)(F)F. The van der Waals surface area contributed by atoms with Gasteiger partial charge in [-0.1, -0.05) is 27.7 Å². The summed E-state index contributed by atoms with van der Waals surface area (Å²) in [6.45, 7) is 19.6. The van der Waals surface area contributed by atoms with Crippen molar-refractivity contribution in [1.82, 2.24) is 0 Å². The van der Waals surface area contributed by atoms with Gasteiger partial charge in [0.25, 0.3) is 5.60 Å². The third-order valence-electron chi connectivity index (χ3n) is 20.1. The summed E-state index contributed by atoms with van der Waals surface area (Å²) in [6, 6.07) is 0. The summed E-state index contributed by atoms with van der Waals surface area (Å²) >= 11 is 0. The van der Waals surface area contributed by atoms with Gasteiger partial charge in [0, 0.05) is 12.3 Å². The van der Waals surface area contributed by atoms with Crippen LogP contribution in [-0.2, 0) is 28.6 Å². The van der Waals surface area contributed by atoms with E-state index in [2.05, 4.69) is 13.8 Å². The Morgan fingerprint density at radius 1 is 0.582 bits per heavy atom. The van der Waals surface area contributed by atoms with E-state index in [1.54, 1.807) is 13.8 Å². The third kappa shape index (κ3) is 9.70. The van der Waals surface area contributed by atoms with Crippen LogP contribution in [0, 0.1) is 81.3 Å². The van der Waals surface area contributed by atoms with Crippen LogP contribution in [0.25, 0.3) is 0 Å². The molecule has 10 bridgehead atoms. The second-order valence-corrected chi connectivity index (χ2v) is 25.6. The molecule has 10 saturated carbocycles. The van der Waals surface area contributed by atoms with Crippen molar-refractivity contribution in [3.05, 3.63) is 0 Å². The van der Waals surface area contributed by atoms with E-state index in [1.165, 1.54) is 32.1 Å². The van der Waals surface area contributed by atoms with Crippen LogP contribution >= 0.6 is 0 Å². The molecule has 10 rings (SSSR count). The predicted molar refractivity (Wildman–Crippen MR) is 240 cm³/mol. The Morgan fingerprint density at radius 3 is 1.57 bits per heavy atom. The van der Waals surface area contributed by atoms with Gasteiger partial charge in [0.15, 0.2) is 0 Å². The Balaban J connectivity index is 0.000000151. The van der Waals surface area contributed by atoms with Crippen molar-refractivity contribution >= 4 is 17.9 Å². The minimum absolute atomic E-state index is 0.0455. The van der Waals surface area contributed by atoms with Crippen LogP contribution in [0.4, 0.5) is 26.3 Å². The number of halogens is 6. The lowest BCUT2D eigenvalue weighted by Gasteiger charge is -2.59. The topological polar surface area (TPSA) is 119 Å². The predicted octanol–water partition coefficient (Wildman–Crippen LogP) is 12.5. The van der Waals surface area contributed by atoms with E-state index in [-0.39, 0.29) is 47.3 Å². The lowest BCUT2D eigenvalue weighted by molar-refractivity contribution is -0.373. The van der Waals surface area contributed by atoms with Crippen LogP contribution in [-0.4, -0.2) is 69.0 Å². The maximum Gasteiger partial charge on any atom is 0.426 e. The molecule has 0 saturated heterocycles. The lowest BCUT2D eigenvalue weighted by atomic mass is 9.52. The number of aliphatic hydroxyl groups is 2. The number of alkyl halides is 6. The van der Waals surface area contributed by atoms with E-state index in [4.69, 9.17) is 14.2 Å². The highest BCUT2D eigenvalue weighted by atomic mass is 19.4. The molecule has 13 unspecified atom stereocenters. The van der Waals surface area contributed by atoms with Crippen molar-refractivity contribution in [3.63, 3.8) is 0 Å². The fourth-order valence-corrected chi connectivity index (χ4v) is 15.4. The highest BCUT2D eigenvalue weighted by Gasteiger charge is 2.72. The molecule has 0 aromatic rings. The van der Waals surface area contributed by atoms with Gasteiger partial charge in [-0.15, -0.1) is 0 Å². The van der Waals surface area contributed by atoms with Crippen molar-refractivity contribution in [2.24, 2.45) is 81.3 Å². The van der Waals surface area contributed by atoms with Crippen LogP contribution in [0.2, 0.25) is 0 Å². The summed E-state index contributed by atoms with van der Waals surface area (Å²) in [4.78, 5) is 37.2. The van der Waals surface area contributed by atoms with Crippen LogP contribution in [0.3, 0.4) is 0 Å². The molecule has 2 N–H and O–H groups in total. The Labute approximate surface area is 395 Å². The number of ether oxygens (including phenoxy) is 3. The zero-order valence-corrected chi connectivity index (χ0v) is 42.0. The molecular weight excluding hydrogens is 879 g/mol. The van der Waals surface area contributed by atoms with Crippen LogP contribution in [0.1, 0.15) is 191 Å². The molecule has 0 heterocycles. The highest BCUT2D eigenvalue weighted by Crippen LogP contribution is 2.71. The van der Waals surface area contributed by atoms with E-state index >= 15 is 0 Å². The first-order valence-electron chi connectivity index (χ1n) is 26.1. The van der Waals surface area contributed by atoms with E-state index < -0.39 is 64.7 Å². The first-order valence-corrected chi connectivity index (χ1v) is 26.1. The largest absolute Gasteiger partial charge is 0.462 e. The Kier molecular flexibility index (Phi) is 14.1. The average molecular weight is 961 g/mol. The molecule has 384 valence electrons. The monoisotopic (exact) mass is 961 g/mol. The quantitative estimate of drug-likeness (QED) is 0.0859. The number of carbonyl (C=O) groups is 3. The molecule has 0 radical (unpaired) electrons. The van der Waals surface area contributed by atoms with Gasteiger partial charge >= 0.3 is 30.3 Å². The number of carbonyl (C=O) groups excluding carboxylic acids is 3. The minimum atomic E-state index is -5.79. The number of rotatable bonds is 12. The van der Waals surface area contributed by atoms with Crippen LogP contribution < -0.4 is 0 Å². The van der Waals surface area contributed by atoms with E-state index in [1.807, 2.05) is 41.5 Å². The van der Waals surface area contributed by atoms with Gasteiger partial charge in [-0.3, -0.25) is 14.4 Å². The Bertz CT molecular complexity index is 1810. The van der Waals surface area contributed by atoms with E-state index in [0.29, 0.717) is 37.0 Å². The summed E-state index contributed by atoms with van der Waals surface area (Å²) in [5.74, 6) is 4.46. The molecule has 10 aliphatic carbocycles. The van der Waals surface area contributed by atoms with Gasteiger partial charge in [-0.2, -0.15) is 26.3 Å². The highest BCUT2D eigenvalue weighted by molar-refractivity contribution is 5.77. The first-order chi connectivity index (χ1) is 30.8. The van der Waals surface area contributed by atoms with Crippen molar-refractivity contribution in [1.29, 1.82) is 0 Å². The smallest absolute Gasteiger partial charge is 0.426 e. The maximum absolute atomic E-state index is 12.9. The maximum atomic E-state index is 12.9. The number of hydrogen-bond acceptors (Lipinski definition) is 8. The molecule has 0 aliphatic heterocycles. The first kappa shape index (κ1) is 52.7. The molecule has 0 aromatic carbocycles. The van der Waals surface area contributed by atoms with Crippen LogP contribution in [0.5, 0.6) is 0 Å². The van der Waals surface area contributed by atoms with Gasteiger partial charge < -0.3 is 24.4 Å². The molecule has 67 heavy (non-hydrogen) atoms. The molecule has 10 aliphatic rings. The summed E-state index contributed by atoms with van der Waals surface area (Å²) in [6.07, 6.45) is 3.09. The average Bonchev–Trinajstić information content (AvgIpc) is 4.09.